The van der Waals surface area contributed by atoms with Crippen molar-refractivity contribution in [1.82, 2.24) is 10.2 Å². The van der Waals surface area contributed by atoms with Crippen LogP contribution in [0.15, 0.2) is 46.3 Å². The predicted octanol–water partition coefficient (Wildman–Crippen LogP) is 4.01. The number of benzene rings is 2. The molecule has 0 unspecified atom stereocenters. The molecule has 0 fully saturated rings. The average Bonchev–Trinajstić information content (AvgIpc) is 3.26. The fourth-order valence-corrected chi connectivity index (χ4v) is 4.48. The fraction of sp³-hybridized carbons (Fsp3) is 0.208. The number of hydrogen-bond donors (Lipinski definition) is 2. The summed E-state index contributed by atoms with van der Waals surface area (Å²) in [5, 5.41) is 17.3. The van der Waals surface area contributed by atoms with Gasteiger partial charge in [0.15, 0.2) is 11.5 Å². The molecule has 1 atom stereocenters. The Labute approximate surface area is 209 Å². The molecule has 11 heteroatoms. The van der Waals surface area contributed by atoms with Crippen LogP contribution < -0.4 is 29.4 Å². The molecule has 1 aromatic heterocycles. The second kappa shape index (κ2) is 9.60. The van der Waals surface area contributed by atoms with Crippen molar-refractivity contribution in [1.29, 1.82) is 5.26 Å². The third kappa shape index (κ3) is 4.24. The smallest absolute Gasteiger partial charge is 0.308 e. The minimum absolute atomic E-state index is 0.0696. The number of allylic oxidation sites excluding steroid dienone is 1. The quantitative estimate of drug-likeness (QED) is 0.350. The van der Waals surface area contributed by atoms with Crippen molar-refractivity contribution in [2.24, 2.45) is 5.73 Å². The molecule has 0 amide bonds. The number of H-pyrrole nitrogens is 1. The monoisotopic (exact) mass is 540 g/mol. The van der Waals surface area contributed by atoms with Gasteiger partial charge in [0.1, 0.15) is 23.1 Å². The molecule has 0 aliphatic carbocycles. The summed E-state index contributed by atoms with van der Waals surface area (Å²) in [4.78, 5) is 11.6. The number of rotatable bonds is 6. The number of carbonyl (C=O) groups excluding carboxylic acids is 1. The second-order valence-electron chi connectivity index (χ2n) is 7.44. The lowest BCUT2D eigenvalue weighted by atomic mass is 9.82. The Bertz CT molecular complexity index is 1390. The molecular formula is C24H21BrN4O6. The zero-order chi connectivity index (χ0) is 25.3. The summed E-state index contributed by atoms with van der Waals surface area (Å²) in [6.07, 6.45) is 0. The highest BCUT2D eigenvalue weighted by molar-refractivity contribution is 9.10. The Hall–Kier alpha value is -4.17. The average molecular weight is 541 g/mol. The molecule has 1 aliphatic rings. The molecule has 0 spiro atoms. The first kappa shape index (κ1) is 24.0. The first-order valence-electron chi connectivity index (χ1n) is 10.3. The number of halogens is 1. The topological polar surface area (TPSA) is 142 Å². The van der Waals surface area contributed by atoms with Crippen molar-refractivity contribution in [3.8, 4) is 46.2 Å². The van der Waals surface area contributed by atoms with Gasteiger partial charge in [-0.3, -0.25) is 9.89 Å². The number of aromatic nitrogens is 2. The molecule has 0 saturated carbocycles. The molecule has 0 bridgehead atoms. The van der Waals surface area contributed by atoms with Crippen LogP contribution in [0.3, 0.4) is 0 Å². The van der Waals surface area contributed by atoms with E-state index in [1.165, 1.54) is 14.0 Å². The number of carbonyl (C=O) groups is 1. The van der Waals surface area contributed by atoms with Gasteiger partial charge in [-0.2, -0.15) is 5.26 Å². The molecule has 10 nitrogen and oxygen atoms in total. The van der Waals surface area contributed by atoms with Crippen LogP contribution in [0.5, 0.6) is 28.9 Å². The van der Waals surface area contributed by atoms with Crippen molar-refractivity contribution in [3.63, 3.8) is 0 Å². The summed E-state index contributed by atoms with van der Waals surface area (Å²) in [5.41, 5.74) is 8.68. The molecule has 3 N–H and O–H groups in total. The minimum Gasteiger partial charge on any atom is -0.497 e. The molecule has 0 radical (unpaired) electrons. The van der Waals surface area contributed by atoms with Crippen LogP contribution in [0.25, 0.3) is 11.3 Å². The minimum atomic E-state index is -0.690. The number of methoxy groups -OCH3 is 3. The van der Waals surface area contributed by atoms with Gasteiger partial charge in [-0.25, -0.2) is 0 Å². The number of nitriles is 1. The van der Waals surface area contributed by atoms with E-state index in [1.54, 1.807) is 44.6 Å². The van der Waals surface area contributed by atoms with E-state index in [-0.39, 0.29) is 28.8 Å². The number of nitrogens with two attached hydrogens (primary N) is 1. The maximum Gasteiger partial charge on any atom is 0.308 e. The first-order valence-corrected chi connectivity index (χ1v) is 11.1. The zero-order valence-electron chi connectivity index (χ0n) is 19.3. The van der Waals surface area contributed by atoms with Gasteiger partial charge in [-0.05, 0) is 51.8 Å². The van der Waals surface area contributed by atoms with Crippen molar-refractivity contribution in [2.45, 2.75) is 12.8 Å². The summed E-state index contributed by atoms with van der Waals surface area (Å²) in [5.74, 6) is 0.611. The van der Waals surface area contributed by atoms with Gasteiger partial charge < -0.3 is 29.4 Å². The van der Waals surface area contributed by atoms with Gasteiger partial charge in [0.05, 0.1) is 43.0 Å². The lowest BCUT2D eigenvalue weighted by molar-refractivity contribution is -0.132. The van der Waals surface area contributed by atoms with Gasteiger partial charge >= 0.3 is 5.97 Å². The summed E-state index contributed by atoms with van der Waals surface area (Å²) in [6.45, 7) is 1.29. The number of fused-ring (bicyclic) bond motifs is 1. The molecule has 1 aliphatic heterocycles. The number of esters is 1. The third-order valence-corrected chi connectivity index (χ3v) is 6.03. The molecule has 2 aromatic carbocycles. The Morgan fingerprint density at radius 3 is 2.54 bits per heavy atom. The Kier molecular flexibility index (Phi) is 6.57. The van der Waals surface area contributed by atoms with Crippen molar-refractivity contribution < 1.29 is 28.5 Å². The summed E-state index contributed by atoms with van der Waals surface area (Å²) in [7, 11) is 4.57. The van der Waals surface area contributed by atoms with Crippen LogP contribution in [0, 0.1) is 11.3 Å². The molecular weight excluding hydrogens is 520 g/mol. The van der Waals surface area contributed by atoms with E-state index in [2.05, 4.69) is 32.2 Å². The van der Waals surface area contributed by atoms with Gasteiger partial charge in [0, 0.05) is 12.5 Å². The van der Waals surface area contributed by atoms with Gasteiger partial charge in [-0.1, -0.05) is 0 Å². The van der Waals surface area contributed by atoms with Crippen molar-refractivity contribution >= 4 is 21.9 Å². The standard InChI is InChI=1S/C24H21BrN4O6/c1-11(30)34-22-16(25)7-12(8-18(22)33-4)19-15(10-26)23(27)35-24-20(19)21(28-29-24)14-9-13(31-2)5-6-17(14)32-3/h5-9,19H,27H2,1-4H3,(H,28,29)/t19-/m1/s1. The number of nitrogens with one attached hydrogen (secondary N) is 1. The fourth-order valence-electron chi connectivity index (χ4n) is 3.94. The van der Waals surface area contributed by atoms with E-state index in [0.717, 1.165) is 0 Å². The van der Waals surface area contributed by atoms with Gasteiger partial charge in [0.2, 0.25) is 11.8 Å². The summed E-state index contributed by atoms with van der Waals surface area (Å²) < 4.78 is 27.9. The first-order chi connectivity index (χ1) is 16.8. The number of nitrogens with zero attached hydrogens (tertiary/aromatic N) is 2. The van der Waals surface area contributed by atoms with E-state index in [0.29, 0.717) is 38.4 Å². The summed E-state index contributed by atoms with van der Waals surface area (Å²) >= 11 is 3.45. The Morgan fingerprint density at radius 2 is 1.91 bits per heavy atom. The Balaban J connectivity index is 1.98. The van der Waals surface area contributed by atoms with Crippen molar-refractivity contribution in [2.75, 3.05) is 21.3 Å². The normalized spacial score (nSPS) is 14.5. The zero-order valence-corrected chi connectivity index (χ0v) is 20.8. The lowest BCUT2D eigenvalue weighted by Gasteiger charge is -2.25. The highest BCUT2D eigenvalue weighted by Gasteiger charge is 2.37. The molecule has 3 aromatic rings. The molecule has 4 rings (SSSR count). The van der Waals surface area contributed by atoms with Crippen LogP contribution in [-0.2, 0) is 4.79 Å². The van der Waals surface area contributed by atoms with E-state index in [9.17, 15) is 10.1 Å². The number of hydrogen-bond acceptors (Lipinski definition) is 9. The third-order valence-electron chi connectivity index (χ3n) is 5.45. The SMILES string of the molecule is COc1ccc(OC)c(-c2[nH]nc3c2[C@H](c2cc(Br)c(OC(C)=O)c(OC)c2)C(C#N)=C(N)O3)c1. The molecule has 180 valence electrons. The van der Waals surface area contributed by atoms with E-state index in [4.69, 9.17) is 29.4 Å². The van der Waals surface area contributed by atoms with E-state index >= 15 is 0 Å². The molecule has 35 heavy (non-hydrogen) atoms. The van der Waals surface area contributed by atoms with Gasteiger partial charge in [0.25, 0.3) is 0 Å². The maximum absolute atomic E-state index is 11.6. The lowest BCUT2D eigenvalue weighted by Crippen LogP contribution is -2.21. The molecule has 2 heterocycles. The van der Waals surface area contributed by atoms with Crippen LogP contribution in [-0.4, -0.2) is 37.5 Å². The van der Waals surface area contributed by atoms with E-state index in [1.807, 2.05) is 0 Å². The highest BCUT2D eigenvalue weighted by Crippen LogP contribution is 2.50. The van der Waals surface area contributed by atoms with Crippen molar-refractivity contribution in [3.05, 3.63) is 57.4 Å². The van der Waals surface area contributed by atoms with E-state index < -0.39 is 11.9 Å². The molecule has 0 saturated heterocycles. The number of ether oxygens (including phenoxy) is 5. The van der Waals surface area contributed by atoms with Crippen LogP contribution in [0.4, 0.5) is 0 Å². The highest BCUT2D eigenvalue weighted by atomic mass is 79.9. The largest absolute Gasteiger partial charge is 0.497 e. The van der Waals surface area contributed by atoms with Crippen LogP contribution in [0.1, 0.15) is 24.0 Å². The number of aromatic amines is 1. The van der Waals surface area contributed by atoms with Gasteiger partial charge in [-0.15, -0.1) is 5.10 Å². The Morgan fingerprint density at radius 1 is 1.17 bits per heavy atom. The van der Waals surface area contributed by atoms with Crippen LogP contribution in [0.2, 0.25) is 0 Å². The predicted molar refractivity (Wildman–Crippen MR) is 128 cm³/mol. The second-order valence-corrected chi connectivity index (χ2v) is 8.29. The van der Waals surface area contributed by atoms with Crippen LogP contribution >= 0.6 is 15.9 Å². The summed E-state index contributed by atoms with van der Waals surface area (Å²) in [6, 6.07) is 10.9. The maximum atomic E-state index is 11.6.